The van der Waals surface area contributed by atoms with E-state index < -0.39 is 0 Å². The lowest BCUT2D eigenvalue weighted by Crippen LogP contribution is -2.49. The number of carbonyl (C=O) groups excluding carboxylic acids is 2. The summed E-state index contributed by atoms with van der Waals surface area (Å²) >= 11 is 0. The van der Waals surface area contributed by atoms with E-state index in [0.29, 0.717) is 24.2 Å². The standard InChI is InChI=1S/C23H31NO2.C22H34N2O2.2CH4/c1-22(2,3)20-14-19(15-24(20)23(4,5)6)26-21(25)18-12-11-16-9-7-8-10-17(16)13-18;1-21(2,3)19-13-18(15-24(19)22(4,5)6)26-20(25)23-12-11-16-9-7-8-10-17(16)14-23;;/h7-13,19-20H,14-15H2,1-6H3;7-10,18-19H,11-15H2,1-6H3;2*1H4. The Morgan fingerprint density at radius 2 is 1.09 bits per heavy atom. The maximum atomic E-state index is 12.8. The van der Waals surface area contributed by atoms with Gasteiger partial charge in [-0.05, 0) is 92.8 Å². The van der Waals surface area contributed by atoms with Crippen molar-refractivity contribution in [1.82, 2.24) is 14.7 Å². The van der Waals surface area contributed by atoms with Crippen LogP contribution in [0.4, 0.5) is 4.79 Å². The van der Waals surface area contributed by atoms with Gasteiger partial charge in [-0.15, -0.1) is 0 Å². The fourth-order valence-corrected chi connectivity index (χ4v) is 8.29. The number of hydrogen-bond donors (Lipinski definition) is 0. The average Bonchev–Trinajstić information content (AvgIpc) is 3.70. The fraction of sp³-hybridized carbons (Fsp3) is 0.617. The Hall–Kier alpha value is -3.42. The Kier molecular flexibility index (Phi) is 14.3. The van der Waals surface area contributed by atoms with Crippen LogP contribution in [0.3, 0.4) is 0 Å². The zero-order valence-corrected chi connectivity index (χ0v) is 34.1. The van der Waals surface area contributed by atoms with Crippen LogP contribution in [-0.4, -0.2) is 81.8 Å². The topological polar surface area (TPSA) is 62.3 Å². The number of fused-ring (bicyclic) bond motifs is 2. The molecule has 54 heavy (non-hydrogen) atoms. The Balaban J connectivity index is 0.000000280. The molecule has 0 aromatic heterocycles. The lowest BCUT2D eigenvalue weighted by molar-refractivity contribution is 0.0279. The monoisotopic (exact) mass is 744 g/mol. The van der Waals surface area contributed by atoms with Gasteiger partial charge in [0.15, 0.2) is 0 Å². The number of benzene rings is 3. The molecule has 0 N–H and O–H groups in total. The van der Waals surface area contributed by atoms with E-state index in [1.165, 1.54) is 11.1 Å². The third-order valence-corrected chi connectivity index (χ3v) is 11.2. The first-order valence-corrected chi connectivity index (χ1v) is 19.4. The van der Waals surface area contributed by atoms with E-state index in [1.54, 1.807) is 0 Å². The summed E-state index contributed by atoms with van der Waals surface area (Å²) in [5.41, 5.74) is 3.67. The van der Waals surface area contributed by atoms with Crippen molar-refractivity contribution in [2.75, 3.05) is 19.6 Å². The van der Waals surface area contributed by atoms with E-state index in [1.807, 2.05) is 47.4 Å². The van der Waals surface area contributed by atoms with Crippen molar-refractivity contribution in [3.05, 3.63) is 83.4 Å². The van der Waals surface area contributed by atoms with Crippen LogP contribution in [0, 0.1) is 10.8 Å². The summed E-state index contributed by atoms with van der Waals surface area (Å²) in [5.74, 6) is -0.218. The molecule has 3 aliphatic rings. The summed E-state index contributed by atoms with van der Waals surface area (Å²) in [5, 5.41) is 2.20. The van der Waals surface area contributed by atoms with Gasteiger partial charge in [0.2, 0.25) is 0 Å². The summed E-state index contributed by atoms with van der Waals surface area (Å²) in [7, 11) is 0. The minimum atomic E-state index is -0.218. The minimum Gasteiger partial charge on any atom is -0.457 e. The van der Waals surface area contributed by atoms with Gasteiger partial charge in [0.1, 0.15) is 12.2 Å². The van der Waals surface area contributed by atoms with E-state index in [2.05, 4.69) is 117 Å². The van der Waals surface area contributed by atoms with Crippen molar-refractivity contribution in [3.63, 3.8) is 0 Å². The van der Waals surface area contributed by atoms with Crippen molar-refractivity contribution in [3.8, 4) is 0 Å². The highest BCUT2D eigenvalue weighted by Gasteiger charge is 2.46. The number of amides is 1. The van der Waals surface area contributed by atoms with E-state index in [9.17, 15) is 9.59 Å². The second-order valence-electron chi connectivity index (χ2n) is 19.4. The van der Waals surface area contributed by atoms with Crippen LogP contribution in [0.1, 0.15) is 132 Å². The summed E-state index contributed by atoms with van der Waals surface area (Å²) in [4.78, 5) is 32.3. The lowest BCUT2D eigenvalue weighted by Gasteiger charge is -2.42. The maximum Gasteiger partial charge on any atom is 0.410 e. The Morgan fingerprint density at radius 1 is 0.611 bits per heavy atom. The van der Waals surface area contributed by atoms with Gasteiger partial charge in [-0.3, -0.25) is 9.80 Å². The third-order valence-electron chi connectivity index (χ3n) is 11.2. The van der Waals surface area contributed by atoms with Crippen molar-refractivity contribution in [2.45, 2.75) is 159 Å². The van der Waals surface area contributed by atoms with Gasteiger partial charge in [-0.25, -0.2) is 9.59 Å². The number of esters is 1. The molecular formula is C47H73N3O4. The summed E-state index contributed by atoms with van der Waals surface area (Å²) < 4.78 is 11.9. The van der Waals surface area contributed by atoms with Crippen LogP contribution in [0.2, 0.25) is 0 Å². The SMILES string of the molecule is C.C.CC(C)(C)C1CC(OC(=O)N2CCc3ccccc3C2)CN1C(C)(C)C.CC(C)(C)C1CC(OC(=O)c2ccc3ccccc3c2)CN1C(C)(C)C. The molecule has 7 heteroatoms. The Labute approximate surface area is 328 Å². The minimum absolute atomic E-state index is 0. The molecule has 0 radical (unpaired) electrons. The molecule has 2 fully saturated rings. The number of ether oxygens (including phenoxy) is 2. The van der Waals surface area contributed by atoms with Crippen LogP contribution in [-0.2, 0) is 22.4 Å². The number of rotatable bonds is 3. The highest BCUT2D eigenvalue weighted by Crippen LogP contribution is 2.40. The molecule has 4 unspecified atom stereocenters. The molecule has 0 bridgehead atoms. The number of likely N-dealkylation sites (tertiary alicyclic amines) is 2. The van der Waals surface area contributed by atoms with Gasteiger partial charge in [0, 0.05) is 62.2 Å². The molecule has 0 saturated carbocycles. The smallest absolute Gasteiger partial charge is 0.410 e. The van der Waals surface area contributed by atoms with Gasteiger partial charge in [0.25, 0.3) is 0 Å². The highest BCUT2D eigenvalue weighted by molar-refractivity contribution is 5.95. The molecule has 300 valence electrons. The summed E-state index contributed by atoms with van der Waals surface area (Å²) in [6, 6.07) is 23.0. The van der Waals surface area contributed by atoms with Crippen molar-refractivity contribution < 1.29 is 19.1 Å². The van der Waals surface area contributed by atoms with E-state index in [-0.39, 0.29) is 61.0 Å². The van der Waals surface area contributed by atoms with Gasteiger partial charge in [-0.1, -0.05) is 111 Å². The predicted molar refractivity (Wildman–Crippen MR) is 226 cm³/mol. The summed E-state index contributed by atoms with van der Waals surface area (Å²) in [6.45, 7) is 30.1. The van der Waals surface area contributed by atoms with Crippen molar-refractivity contribution in [2.24, 2.45) is 10.8 Å². The predicted octanol–water partition coefficient (Wildman–Crippen LogP) is 11.0. The first kappa shape index (κ1) is 45.0. The number of carbonyl (C=O) groups is 2. The normalized spacial score (nSPS) is 22.3. The van der Waals surface area contributed by atoms with Crippen LogP contribution >= 0.6 is 0 Å². The molecule has 0 aliphatic carbocycles. The molecule has 3 aromatic rings. The molecule has 3 aromatic carbocycles. The lowest BCUT2D eigenvalue weighted by atomic mass is 9.83. The van der Waals surface area contributed by atoms with Crippen LogP contribution in [0.15, 0.2) is 66.7 Å². The molecule has 7 nitrogen and oxygen atoms in total. The van der Waals surface area contributed by atoms with Crippen LogP contribution < -0.4 is 0 Å². The third kappa shape index (κ3) is 10.9. The zero-order chi connectivity index (χ0) is 38.2. The molecule has 4 atom stereocenters. The van der Waals surface area contributed by atoms with Gasteiger partial charge < -0.3 is 14.4 Å². The molecule has 6 rings (SSSR count). The largest absolute Gasteiger partial charge is 0.457 e. The Morgan fingerprint density at radius 3 is 1.59 bits per heavy atom. The highest BCUT2D eigenvalue weighted by atomic mass is 16.6. The van der Waals surface area contributed by atoms with E-state index in [0.717, 1.165) is 49.7 Å². The number of hydrogen-bond acceptors (Lipinski definition) is 6. The molecule has 1 amide bonds. The summed E-state index contributed by atoms with van der Waals surface area (Å²) in [6.07, 6.45) is 2.47. The fourth-order valence-electron chi connectivity index (χ4n) is 8.29. The van der Waals surface area contributed by atoms with E-state index >= 15 is 0 Å². The maximum absolute atomic E-state index is 12.8. The van der Waals surface area contributed by atoms with Crippen LogP contribution in [0.5, 0.6) is 0 Å². The molecule has 3 aliphatic heterocycles. The second-order valence-corrected chi connectivity index (χ2v) is 19.4. The zero-order valence-electron chi connectivity index (χ0n) is 34.1. The van der Waals surface area contributed by atoms with Crippen molar-refractivity contribution in [1.29, 1.82) is 0 Å². The molecule has 0 spiro atoms. The van der Waals surface area contributed by atoms with Gasteiger partial charge >= 0.3 is 12.1 Å². The Bertz CT molecular complexity index is 1660. The van der Waals surface area contributed by atoms with E-state index in [4.69, 9.17) is 9.47 Å². The second kappa shape index (κ2) is 17.2. The average molecular weight is 744 g/mol. The van der Waals surface area contributed by atoms with Crippen molar-refractivity contribution >= 4 is 22.8 Å². The van der Waals surface area contributed by atoms with Gasteiger partial charge in [-0.2, -0.15) is 0 Å². The molecule has 3 heterocycles. The molecular weight excluding hydrogens is 671 g/mol. The molecule has 2 saturated heterocycles. The van der Waals surface area contributed by atoms with Gasteiger partial charge in [0.05, 0.1) is 5.56 Å². The quantitative estimate of drug-likeness (QED) is 0.249. The van der Waals surface area contributed by atoms with Crippen LogP contribution in [0.25, 0.3) is 10.8 Å². The number of nitrogens with zero attached hydrogens (tertiary/aromatic N) is 3. The first-order chi connectivity index (χ1) is 24.1. The first-order valence-electron chi connectivity index (χ1n) is 19.4.